The van der Waals surface area contributed by atoms with E-state index in [4.69, 9.17) is 16.3 Å². The van der Waals surface area contributed by atoms with Crippen LogP contribution in [0.4, 0.5) is 10.1 Å². The standard InChI is InChI=1S/C27H31ClFN3O4/c1-6-36-23-15-21(29)20(28)14-19(23)22(33)12-13-27(3,4)16-24(34)30-25-17(2)31(5)32(26(25)35)18-10-8-7-9-11-18/h7-11,14-15H,6,12-13,16H2,1-5H3,(H,30,34). The van der Waals surface area contributed by atoms with E-state index in [2.05, 4.69) is 5.32 Å². The van der Waals surface area contributed by atoms with Gasteiger partial charge in [0.05, 0.1) is 28.6 Å². The number of hydrogen-bond donors (Lipinski definition) is 1. The molecule has 0 aliphatic rings. The topological polar surface area (TPSA) is 82.3 Å². The zero-order valence-electron chi connectivity index (χ0n) is 21.2. The number of ether oxygens (including phenoxy) is 1. The molecule has 2 aromatic carbocycles. The molecule has 1 heterocycles. The summed E-state index contributed by atoms with van der Waals surface area (Å²) in [6, 6.07) is 11.6. The molecule has 0 spiro atoms. The Bertz CT molecular complexity index is 1330. The van der Waals surface area contributed by atoms with Crippen LogP contribution in [0.15, 0.2) is 47.3 Å². The van der Waals surface area contributed by atoms with Crippen molar-refractivity contribution in [3.63, 3.8) is 0 Å². The van der Waals surface area contributed by atoms with Crippen molar-refractivity contribution >= 4 is 29.0 Å². The molecule has 36 heavy (non-hydrogen) atoms. The van der Waals surface area contributed by atoms with E-state index in [1.165, 1.54) is 10.7 Å². The maximum absolute atomic E-state index is 13.8. The lowest BCUT2D eigenvalue weighted by Gasteiger charge is -2.23. The summed E-state index contributed by atoms with van der Waals surface area (Å²) in [5.41, 5.74) is 0.891. The lowest BCUT2D eigenvalue weighted by atomic mass is 9.82. The predicted octanol–water partition coefficient (Wildman–Crippen LogP) is 5.69. The largest absolute Gasteiger partial charge is 0.493 e. The molecule has 9 heteroatoms. The van der Waals surface area contributed by atoms with Gasteiger partial charge < -0.3 is 10.1 Å². The SMILES string of the molecule is CCOc1cc(F)c(Cl)cc1C(=O)CCC(C)(C)CC(=O)Nc1c(C)n(C)n(-c2ccccc2)c1=O. The van der Waals surface area contributed by atoms with Crippen molar-refractivity contribution in [2.75, 3.05) is 11.9 Å². The van der Waals surface area contributed by atoms with Gasteiger partial charge >= 0.3 is 0 Å². The molecule has 0 fully saturated rings. The summed E-state index contributed by atoms with van der Waals surface area (Å²) in [5.74, 6) is -1.08. The third-order valence-electron chi connectivity index (χ3n) is 6.11. The fraction of sp³-hybridized carbons (Fsp3) is 0.370. The third kappa shape index (κ3) is 6.05. The Labute approximate surface area is 214 Å². The fourth-order valence-corrected chi connectivity index (χ4v) is 4.19. The summed E-state index contributed by atoms with van der Waals surface area (Å²) in [4.78, 5) is 38.8. The zero-order chi connectivity index (χ0) is 26.6. The normalized spacial score (nSPS) is 11.4. The zero-order valence-corrected chi connectivity index (χ0v) is 21.9. The molecule has 0 aliphatic carbocycles. The molecule has 1 amide bonds. The Morgan fingerprint density at radius 2 is 1.83 bits per heavy atom. The third-order valence-corrected chi connectivity index (χ3v) is 6.40. The van der Waals surface area contributed by atoms with Gasteiger partial charge in [-0.05, 0) is 43.9 Å². The van der Waals surface area contributed by atoms with Gasteiger partial charge in [-0.3, -0.25) is 19.1 Å². The Balaban J connectivity index is 1.69. The molecule has 192 valence electrons. The summed E-state index contributed by atoms with van der Waals surface area (Å²) in [5, 5.41) is 2.61. The van der Waals surface area contributed by atoms with Gasteiger partial charge in [-0.1, -0.05) is 43.6 Å². The quantitative estimate of drug-likeness (QED) is 0.351. The molecule has 0 aliphatic heterocycles. The second-order valence-corrected chi connectivity index (χ2v) is 9.85. The van der Waals surface area contributed by atoms with Gasteiger partial charge in [-0.25, -0.2) is 9.07 Å². The average molecular weight is 516 g/mol. The van der Waals surface area contributed by atoms with Crippen molar-refractivity contribution in [1.29, 1.82) is 0 Å². The Morgan fingerprint density at radius 1 is 1.17 bits per heavy atom. The molecule has 0 atom stereocenters. The first-order chi connectivity index (χ1) is 16.9. The van der Waals surface area contributed by atoms with Crippen molar-refractivity contribution in [2.45, 2.75) is 47.0 Å². The van der Waals surface area contributed by atoms with Crippen LogP contribution in [0, 0.1) is 18.2 Å². The number of aromatic nitrogens is 2. The maximum atomic E-state index is 13.8. The van der Waals surface area contributed by atoms with Crippen LogP contribution in [-0.2, 0) is 11.8 Å². The molecule has 3 rings (SSSR count). The number of carbonyl (C=O) groups excluding carboxylic acids is 2. The lowest BCUT2D eigenvalue weighted by Crippen LogP contribution is -2.26. The van der Waals surface area contributed by atoms with Gasteiger partial charge in [-0.2, -0.15) is 0 Å². The Morgan fingerprint density at radius 3 is 2.47 bits per heavy atom. The molecule has 3 aromatic rings. The van der Waals surface area contributed by atoms with E-state index >= 15 is 0 Å². The Kier molecular flexibility index (Phi) is 8.40. The summed E-state index contributed by atoms with van der Waals surface area (Å²) in [7, 11) is 1.76. The highest BCUT2D eigenvalue weighted by Gasteiger charge is 2.26. The van der Waals surface area contributed by atoms with E-state index in [1.807, 2.05) is 44.2 Å². The summed E-state index contributed by atoms with van der Waals surface area (Å²) >= 11 is 5.88. The van der Waals surface area contributed by atoms with Crippen LogP contribution in [0.1, 0.15) is 56.1 Å². The van der Waals surface area contributed by atoms with Crippen LogP contribution >= 0.6 is 11.6 Å². The molecule has 0 unspecified atom stereocenters. The van der Waals surface area contributed by atoms with E-state index in [-0.39, 0.29) is 58.7 Å². The predicted molar refractivity (Wildman–Crippen MR) is 139 cm³/mol. The molecule has 0 saturated heterocycles. The number of para-hydroxylation sites is 1. The van der Waals surface area contributed by atoms with E-state index in [1.54, 1.807) is 25.6 Å². The number of benzene rings is 2. The van der Waals surface area contributed by atoms with Crippen molar-refractivity contribution in [3.8, 4) is 11.4 Å². The fourth-order valence-electron chi connectivity index (χ4n) is 4.03. The molecule has 1 N–H and O–H groups in total. The van der Waals surface area contributed by atoms with E-state index < -0.39 is 11.2 Å². The van der Waals surface area contributed by atoms with Gasteiger partial charge in [0.2, 0.25) is 5.91 Å². The lowest BCUT2D eigenvalue weighted by molar-refractivity contribution is -0.118. The number of Topliss-reactive ketones (excluding diaryl/α,β-unsaturated/α-hetero) is 1. The number of rotatable bonds is 10. The molecule has 0 bridgehead atoms. The minimum absolute atomic E-state index is 0.0991. The van der Waals surface area contributed by atoms with Gasteiger partial charge in [-0.15, -0.1) is 0 Å². The molecule has 1 aromatic heterocycles. The van der Waals surface area contributed by atoms with Gasteiger partial charge in [0.15, 0.2) is 5.78 Å². The highest BCUT2D eigenvalue weighted by molar-refractivity contribution is 6.31. The number of amides is 1. The summed E-state index contributed by atoms with van der Waals surface area (Å²) in [6.45, 7) is 7.54. The first kappa shape index (κ1) is 27.2. The van der Waals surface area contributed by atoms with Crippen molar-refractivity contribution in [1.82, 2.24) is 9.36 Å². The van der Waals surface area contributed by atoms with Crippen LogP contribution in [0.5, 0.6) is 5.75 Å². The highest BCUT2D eigenvalue weighted by Crippen LogP contribution is 2.32. The van der Waals surface area contributed by atoms with Gasteiger partial charge in [0.25, 0.3) is 5.56 Å². The van der Waals surface area contributed by atoms with E-state index in [0.29, 0.717) is 17.8 Å². The number of halogens is 2. The van der Waals surface area contributed by atoms with Crippen LogP contribution < -0.4 is 15.6 Å². The van der Waals surface area contributed by atoms with Crippen LogP contribution in [0.3, 0.4) is 0 Å². The molecule has 0 radical (unpaired) electrons. The first-order valence-corrected chi connectivity index (χ1v) is 12.1. The number of nitrogens with one attached hydrogen (secondary N) is 1. The second-order valence-electron chi connectivity index (χ2n) is 9.44. The summed E-state index contributed by atoms with van der Waals surface area (Å²) in [6.07, 6.45) is 0.608. The number of nitrogens with zero attached hydrogens (tertiary/aromatic N) is 2. The van der Waals surface area contributed by atoms with Crippen LogP contribution in [0.25, 0.3) is 5.69 Å². The van der Waals surface area contributed by atoms with Crippen molar-refractivity contribution in [2.24, 2.45) is 12.5 Å². The molecular formula is C27H31ClFN3O4. The highest BCUT2D eigenvalue weighted by atomic mass is 35.5. The van der Waals surface area contributed by atoms with Gasteiger partial charge in [0.1, 0.15) is 17.3 Å². The molecule has 0 saturated carbocycles. The number of hydrogen-bond acceptors (Lipinski definition) is 4. The number of ketones is 1. The minimum atomic E-state index is -0.656. The Hall–Kier alpha value is -3.39. The van der Waals surface area contributed by atoms with Crippen LogP contribution in [0.2, 0.25) is 5.02 Å². The average Bonchev–Trinajstić information content (AvgIpc) is 3.03. The smallest absolute Gasteiger partial charge is 0.295 e. The molecule has 7 nitrogen and oxygen atoms in total. The first-order valence-electron chi connectivity index (χ1n) is 11.7. The van der Waals surface area contributed by atoms with Crippen molar-refractivity contribution < 1.29 is 18.7 Å². The van der Waals surface area contributed by atoms with Crippen molar-refractivity contribution in [3.05, 3.63) is 74.9 Å². The minimum Gasteiger partial charge on any atom is -0.493 e. The second kappa shape index (κ2) is 11.1. The maximum Gasteiger partial charge on any atom is 0.295 e. The monoisotopic (exact) mass is 515 g/mol. The number of carbonyl (C=O) groups is 2. The van der Waals surface area contributed by atoms with Gasteiger partial charge in [0, 0.05) is 26.0 Å². The molecular weight excluding hydrogens is 485 g/mol. The number of anilines is 1. The van der Waals surface area contributed by atoms with Crippen LogP contribution in [-0.4, -0.2) is 27.7 Å². The summed E-state index contributed by atoms with van der Waals surface area (Å²) < 4.78 is 22.4. The van der Waals surface area contributed by atoms with E-state index in [0.717, 1.165) is 6.07 Å². The van der Waals surface area contributed by atoms with E-state index in [9.17, 15) is 18.8 Å².